The SMILES string of the molecule is COc1ccc(OC)c(CCCCNCCc2ccc(S(=O)(=O)NC3=C4CC4N=C(C(C)C)S3)cc2)n1. The molecule has 1 unspecified atom stereocenters. The number of rotatable bonds is 14. The van der Waals surface area contributed by atoms with Gasteiger partial charge in [0.1, 0.15) is 5.75 Å². The highest BCUT2D eigenvalue weighted by Gasteiger charge is 2.39. The van der Waals surface area contributed by atoms with Gasteiger partial charge in [0, 0.05) is 12.0 Å². The first-order valence-electron chi connectivity index (χ1n) is 12.7. The average molecular weight is 545 g/mol. The van der Waals surface area contributed by atoms with Crippen LogP contribution in [0.4, 0.5) is 0 Å². The smallest absolute Gasteiger partial charge is 0.262 e. The van der Waals surface area contributed by atoms with Crippen molar-refractivity contribution in [1.82, 2.24) is 15.0 Å². The van der Waals surface area contributed by atoms with Crippen LogP contribution in [0.3, 0.4) is 0 Å². The van der Waals surface area contributed by atoms with E-state index in [0.29, 0.717) is 5.88 Å². The van der Waals surface area contributed by atoms with E-state index in [1.807, 2.05) is 18.2 Å². The summed E-state index contributed by atoms with van der Waals surface area (Å²) in [6.07, 6.45) is 4.52. The molecule has 0 spiro atoms. The van der Waals surface area contributed by atoms with E-state index in [4.69, 9.17) is 9.47 Å². The first-order valence-corrected chi connectivity index (χ1v) is 15.0. The molecule has 0 saturated heterocycles. The first-order chi connectivity index (χ1) is 17.8. The van der Waals surface area contributed by atoms with Gasteiger partial charge in [-0.2, -0.15) is 0 Å². The van der Waals surface area contributed by atoms with E-state index in [-0.39, 0.29) is 16.9 Å². The van der Waals surface area contributed by atoms with Gasteiger partial charge < -0.3 is 14.8 Å². The van der Waals surface area contributed by atoms with Gasteiger partial charge in [0.25, 0.3) is 10.0 Å². The molecule has 2 aliphatic rings. The maximum atomic E-state index is 13.0. The van der Waals surface area contributed by atoms with Crippen LogP contribution in [0.1, 0.15) is 44.4 Å². The highest BCUT2D eigenvalue weighted by atomic mass is 32.2. The molecular formula is C27H36N4O4S2. The fraction of sp³-hybridized carbons (Fsp3) is 0.481. The van der Waals surface area contributed by atoms with Crippen LogP contribution in [0, 0.1) is 5.92 Å². The molecule has 2 heterocycles. The number of hydrogen-bond acceptors (Lipinski definition) is 8. The molecule has 0 amide bonds. The Morgan fingerprint density at radius 1 is 1.03 bits per heavy atom. The van der Waals surface area contributed by atoms with Crippen molar-refractivity contribution in [3.05, 3.63) is 58.3 Å². The van der Waals surface area contributed by atoms with Crippen molar-refractivity contribution in [2.24, 2.45) is 10.9 Å². The Kier molecular flexibility index (Phi) is 9.15. The molecule has 200 valence electrons. The molecule has 1 fully saturated rings. The van der Waals surface area contributed by atoms with Crippen molar-refractivity contribution in [2.75, 3.05) is 27.3 Å². The molecule has 8 nitrogen and oxygen atoms in total. The molecule has 2 N–H and O–H groups in total. The predicted octanol–water partition coefficient (Wildman–Crippen LogP) is 4.32. The maximum absolute atomic E-state index is 13.0. The van der Waals surface area contributed by atoms with Gasteiger partial charge in [0.15, 0.2) is 0 Å². The molecular weight excluding hydrogens is 508 g/mol. The molecule has 2 aromatic rings. The quantitative estimate of drug-likeness (QED) is 0.342. The predicted molar refractivity (Wildman–Crippen MR) is 149 cm³/mol. The van der Waals surface area contributed by atoms with E-state index in [0.717, 1.165) is 77.8 Å². The fourth-order valence-corrected chi connectivity index (χ4v) is 6.54. The van der Waals surface area contributed by atoms with Crippen LogP contribution in [-0.4, -0.2) is 51.8 Å². The minimum absolute atomic E-state index is 0.160. The van der Waals surface area contributed by atoms with Gasteiger partial charge in [-0.25, -0.2) is 13.4 Å². The van der Waals surface area contributed by atoms with Crippen molar-refractivity contribution in [3.63, 3.8) is 0 Å². The van der Waals surface area contributed by atoms with E-state index in [1.54, 1.807) is 32.4 Å². The third-order valence-electron chi connectivity index (χ3n) is 6.33. The Balaban J connectivity index is 1.18. The molecule has 1 aliphatic carbocycles. The summed E-state index contributed by atoms with van der Waals surface area (Å²) >= 11 is 1.45. The number of thioether (sulfide) groups is 1. The summed E-state index contributed by atoms with van der Waals surface area (Å²) in [5, 5.41) is 5.19. The van der Waals surface area contributed by atoms with Crippen LogP contribution in [0.15, 0.2) is 56.9 Å². The van der Waals surface area contributed by atoms with E-state index >= 15 is 0 Å². The number of ether oxygens (including phenoxy) is 2. The Morgan fingerprint density at radius 3 is 2.51 bits per heavy atom. The number of nitrogens with zero attached hydrogens (tertiary/aromatic N) is 2. The normalized spacial score (nSPS) is 16.9. The number of aromatic nitrogens is 1. The van der Waals surface area contributed by atoms with Crippen molar-refractivity contribution in [3.8, 4) is 11.6 Å². The van der Waals surface area contributed by atoms with Crippen molar-refractivity contribution < 1.29 is 17.9 Å². The third-order valence-corrected chi connectivity index (χ3v) is 9.18. The fourth-order valence-electron chi connectivity index (χ4n) is 4.08. The number of aryl methyl sites for hydroxylation is 1. The summed E-state index contributed by atoms with van der Waals surface area (Å²) in [6, 6.07) is 11.0. The second-order valence-electron chi connectivity index (χ2n) is 9.51. The van der Waals surface area contributed by atoms with Crippen molar-refractivity contribution in [2.45, 2.75) is 56.9 Å². The number of fused-ring (bicyclic) bond motifs is 1. The van der Waals surface area contributed by atoms with Gasteiger partial charge in [-0.3, -0.25) is 9.71 Å². The molecule has 1 aromatic heterocycles. The van der Waals surface area contributed by atoms with Crippen molar-refractivity contribution >= 4 is 26.8 Å². The van der Waals surface area contributed by atoms with Crippen LogP contribution < -0.4 is 19.5 Å². The largest absolute Gasteiger partial charge is 0.495 e. The number of methoxy groups -OCH3 is 2. The van der Waals surface area contributed by atoms with E-state index in [1.165, 1.54) is 11.8 Å². The topological polar surface area (TPSA) is 102 Å². The molecule has 4 rings (SSSR count). The van der Waals surface area contributed by atoms with Gasteiger partial charge in [-0.1, -0.05) is 37.7 Å². The van der Waals surface area contributed by atoms with E-state index < -0.39 is 10.0 Å². The second kappa shape index (κ2) is 12.3. The van der Waals surface area contributed by atoms with E-state index in [9.17, 15) is 8.42 Å². The Bertz CT molecular complexity index is 1260. The van der Waals surface area contributed by atoms with Gasteiger partial charge in [0.05, 0.1) is 40.9 Å². The highest BCUT2D eigenvalue weighted by molar-refractivity contribution is 8.17. The van der Waals surface area contributed by atoms with Crippen LogP contribution in [-0.2, 0) is 22.9 Å². The number of pyridine rings is 1. The van der Waals surface area contributed by atoms with Gasteiger partial charge in [0.2, 0.25) is 5.88 Å². The molecule has 0 radical (unpaired) electrons. The summed E-state index contributed by atoms with van der Waals surface area (Å²) in [7, 11) is -0.356. The lowest BCUT2D eigenvalue weighted by Gasteiger charge is -2.17. The number of nitrogens with one attached hydrogen (secondary N) is 2. The standard InChI is InChI=1S/C27H36N4O4S2/c1-18(2)26-30-23-17-21(23)27(36-26)31-37(32,33)20-10-8-19(9-11-20)14-16-28-15-6-5-7-22-24(34-3)12-13-25(29-22)35-4/h8-13,18,23,28,31H,5-7,14-17H2,1-4H3. The van der Waals surface area contributed by atoms with Crippen LogP contribution in [0.25, 0.3) is 0 Å². The van der Waals surface area contributed by atoms with Gasteiger partial charge >= 0.3 is 0 Å². The molecule has 1 saturated carbocycles. The molecule has 37 heavy (non-hydrogen) atoms. The lowest BCUT2D eigenvalue weighted by molar-refractivity contribution is 0.381. The number of unbranched alkanes of at least 4 members (excludes halogenated alkanes) is 1. The average Bonchev–Trinajstić information content (AvgIpc) is 3.68. The third kappa shape index (κ3) is 7.27. The summed E-state index contributed by atoms with van der Waals surface area (Å²) in [4.78, 5) is 9.44. The maximum Gasteiger partial charge on any atom is 0.262 e. The summed E-state index contributed by atoms with van der Waals surface area (Å²) in [5.74, 6) is 1.67. The van der Waals surface area contributed by atoms with Crippen LogP contribution >= 0.6 is 11.8 Å². The molecule has 1 aliphatic heterocycles. The number of hydrogen-bond donors (Lipinski definition) is 2. The summed E-state index contributed by atoms with van der Waals surface area (Å²) in [5.41, 5.74) is 3.11. The lowest BCUT2D eigenvalue weighted by Crippen LogP contribution is -2.24. The number of benzene rings is 1. The Hall–Kier alpha value is -2.56. The Labute approximate surface area is 224 Å². The number of aliphatic imine (C=N–C) groups is 1. The monoisotopic (exact) mass is 544 g/mol. The second-order valence-corrected chi connectivity index (χ2v) is 12.2. The molecule has 10 heteroatoms. The van der Waals surface area contributed by atoms with Gasteiger partial charge in [-0.05, 0) is 74.5 Å². The minimum Gasteiger partial charge on any atom is -0.495 e. The molecule has 1 aromatic carbocycles. The van der Waals surface area contributed by atoms with Crippen LogP contribution in [0.2, 0.25) is 0 Å². The summed E-state index contributed by atoms with van der Waals surface area (Å²) < 4.78 is 39.3. The summed E-state index contributed by atoms with van der Waals surface area (Å²) in [6.45, 7) is 5.89. The Morgan fingerprint density at radius 2 is 1.81 bits per heavy atom. The molecule has 1 atom stereocenters. The zero-order valence-corrected chi connectivity index (χ0v) is 23.5. The first kappa shape index (κ1) is 27.5. The minimum atomic E-state index is -3.62. The van der Waals surface area contributed by atoms with Gasteiger partial charge in [-0.15, -0.1) is 0 Å². The number of sulfonamides is 1. The lowest BCUT2D eigenvalue weighted by atomic mass is 10.1. The van der Waals surface area contributed by atoms with E-state index in [2.05, 4.69) is 33.9 Å². The zero-order chi connectivity index (χ0) is 26.4. The molecule has 0 bridgehead atoms. The zero-order valence-electron chi connectivity index (χ0n) is 21.9. The highest BCUT2D eigenvalue weighted by Crippen LogP contribution is 2.45. The van der Waals surface area contributed by atoms with Crippen molar-refractivity contribution in [1.29, 1.82) is 0 Å². The van der Waals surface area contributed by atoms with Crippen LogP contribution in [0.5, 0.6) is 11.6 Å².